The average Bonchev–Trinajstić information content (AvgIpc) is 3.92. The standard InChI is InChI=1S/C22H21BO2S.C16H9BrS.C12H24B2O4/c1-21(2)22(3,4)25-23(24-21)16-10-9-14-12-18-17-7-5-6-8-19(17)26-20(18)13-15(14)11-16;17-12-6-5-10-8-14-13-3-1-2-4-15(13)18-16(14)9-11(10)7-12;1-9(2)10(3,4)16-13(15-9)14-17-11(5,6)12(7,8)18-14/h5-13H,1-4H3;1-9H;1-8H3. The first-order valence-corrected chi connectivity index (χ1v) is 23.9. The normalized spacial score (nSPS) is 20.6. The fraction of sp³-hybridized carbons (Fsp3) is 0.360. The van der Waals surface area contributed by atoms with Crippen LogP contribution >= 0.6 is 38.6 Å². The first kappa shape index (κ1) is 43.9. The van der Waals surface area contributed by atoms with Gasteiger partial charge in [-0.3, -0.25) is 0 Å². The van der Waals surface area contributed by atoms with E-state index in [2.05, 4.69) is 153 Å². The third-order valence-corrected chi connectivity index (χ3v) is 16.7. The molecule has 318 valence electrons. The molecule has 0 atom stereocenters. The minimum Gasteiger partial charge on any atom is -0.405 e. The minimum atomic E-state index is -0.476. The van der Waals surface area contributed by atoms with Gasteiger partial charge in [0.1, 0.15) is 0 Å². The molecular formula is C50H54B3BrO6S2. The van der Waals surface area contributed by atoms with Crippen LogP contribution in [0.4, 0.5) is 0 Å². The van der Waals surface area contributed by atoms with E-state index in [1.807, 2.05) is 78.1 Å². The van der Waals surface area contributed by atoms with E-state index >= 15 is 0 Å². The zero-order valence-electron chi connectivity index (χ0n) is 37.8. The van der Waals surface area contributed by atoms with E-state index in [4.69, 9.17) is 27.9 Å². The fourth-order valence-corrected chi connectivity index (χ4v) is 10.7. The lowest BCUT2D eigenvalue weighted by Crippen LogP contribution is -2.41. The minimum absolute atomic E-state index is 0.317. The Morgan fingerprint density at radius 1 is 0.371 bits per heavy atom. The number of hydrogen-bond acceptors (Lipinski definition) is 8. The van der Waals surface area contributed by atoms with Crippen LogP contribution in [0, 0.1) is 0 Å². The first-order valence-electron chi connectivity index (χ1n) is 21.5. The second-order valence-electron chi connectivity index (χ2n) is 19.8. The Morgan fingerprint density at radius 2 is 0.758 bits per heavy atom. The fourth-order valence-electron chi connectivity index (χ4n) is 8.05. The highest BCUT2D eigenvalue weighted by atomic mass is 79.9. The Kier molecular flexibility index (Phi) is 10.9. The maximum Gasteiger partial charge on any atom is 0.494 e. The van der Waals surface area contributed by atoms with E-state index in [1.54, 1.807) is 0 Å². The lowest BCUT2D eigenvalue weighted by molar-refractivity contribution is 0.00578. The smallest absolute Gasteiger partial charge is 0.405 e. The van der Waals surface area contributed by atoms with Crippen LogP contribution in [0.25, 0.3) is 61.9 Å². The zero-order chi connectivity index (χ0) is 44.2. The molecular weight excluding hydrogens is 873 g/mol. The molecule has 3 fully saturated rings. The van der Waals surface area contributed by atoms with Crippen molar-refractivity contribution >= 4 is 127 Å². The molecule has 3 saturated heterocycles. The molecule has 0 spiro atoms. The van der Waals surface area contributed by atoms with Gasteiger partial charge in [-0.25, -0.2) is 0 Å². The Morgan fingerprint density at radius 3 is 1.21 bits per heavy atom. The molecule has 0 N–H and O–H groups in total. The van der Waals surface area contributed by atoms with E-state index in [9.17, 15) is 0 Å². The molecule has 0 radical (unpaired) electrons. The maximum absolute atomic E-state index is 6.21. The van der Waals surface area contributed by atoms with Crippen LogP contribution in [-0.4, -0.2) is 54.7 Å². The lowest BCUT2D eigenvalue weighted by Gasteiger charge is -2.32. The van der Waals surface area contributed by atoms with Crippen LogP contribution in [0.2, 0.25) is 0 Å². The summed E-state index contributed by atoms with van der Waals surface area (Å²) in [6.45, 7) is 24.6. The summed E-state index contributed by atoms with van der Waals surface area (Å²) in [6, 6.07) is 39.4. The van der Waals surface area contributed by atoms with Crippen LogP contribution < -0.4 is 5.46 Å². The van der Waals surface area contributed by atoms with E-state index < -0.39 is 14.0 Å². The van der Waals surface area contributed by atoms with Crippen LogP contribution in [0.3, 0.4) is 0 Å². The van der Waals surface area contributed by atoms with Gasteiger partial charge in [0.25, 0.3) is 0 Å². The molecule has 0 unspecified atom stereocenters. The molecule has 0 bridgehead atoms. The van der Waals surface area contributed by atoms with Gasteiger partial charge in [-0.2, -0.15) is 0 Å². The summed E-state index contributed by atoms with van der Waals surface area (Å²) in [6.07, 6.45) is 0. The van der Waals surface area contributed by atoms with Crippen molar-refractivity contribution in [2.24, 2.45) is 0 Å². The zero-order valence-corrected chi connectivity index (χ0v) is 41.0. The maximum atomic E-state index is 6.21. The molecule has 8 aromatic rings. The molecule has 6 aromatic carbocycles. The average molecular weight is 927 g/mol. The van der Waals surface area contributed by atoms with Gasteiger partial charge in [0, 0.05) is 44.8 Å². The van der Waals surface area contributed by atoms with Crippen LogP contribution in [0.15, 0.2) is 114 Å². The van der Waals surface area contributed by atoms with Crippen LogP contribution in [-0.2, 0) is 27.9 Å². The van der Waals surface area contributed by atoms with Gasteiger partial charge in [-0.05, 0) is 159 Å². The summed E-state index contributed by atoms with van der Waals surface area (Å²) in [7, 11) is -1.27. The van der Waals surface area contributed by atoms with Gasteiger partial charge in [-0.15, -0.1) is 22.7 Å². The third kappa shape index (κ3) is 7.85. The Balaban J connectivity index is 0.000000122. The van der Waals surface area contributed by atoms with E-state index in [-0.39, 0.29) is 40.7 Å². The van der Waals surface area contributed by atoms with Gasteiger partial charge in [0.15, 0.2) is 0 Å². The van der Waals surface area contributed by atoms with Crippen LogP contribution in [0.1, 0.15) is 83.1 Å². The molecule has 62 heavy (non-hydrogen) atoms. The second kappa shape index (κ2) is 15.4. The highest BCUT2D eigenvalue weighted by molar-refractivity contribution is 9.10. The number of halogens is 1. The number of rotatable bonds is 2. The van der Waals surface area contributed by atoms with Gasteiger partial charge >= 0.3 is 21.1 Å². The Labute approximate surface area is 383 Å². The third-order valence-electron chi connectivity index (χ3n) is 13.9. The summed E-state index contributed by atoms with van der Waals surface area (Å²) < 4.78 is 42.8. The predicted molar refractivity (Wildman–Crippen MR) is 269 cm³/mol. The van der Waals surface area contributed by atoms with Gasteiger partial charge < -0.3 is 27.9 Å². The lowest BCUT2D eigenvalue weighted by atomic mass is 9.49. The largest absolute Gasteiger partial charge is 0.494 e. The molecule has 11 rings (SSSR count). The molecule has 5 heterocycles. The topological polar surface area (TPSA) is 55.4 Å². The molecule has 6 nitrogen and oxygen atoms in total. The molecule has 0 saturated carbocycles. The number of thiophene rings is 2. The van der Waals surface area contributed by atoms with Gasteiger partial charge in [-0.1, -0.05) is 76.6 Å². The predicted octanol–water partition coefficient (Wildman–Crippen LogP) is 13.7. The van der Waals surface area contributed by atoms with Crippen molar-refractivity contribution in [3.63, 3.8) is 0 Å². The number of fused-ring (bicyclic) bond motifs is 8. The van der Waals surface area contributed by atoms with Crippen molar-refractivity contribution in [2.75, 3.05) is 0 Å². The van der Waals surface area contributed by atoms with E-state index in [1.165, 1.54) is 61.9 Å². The molecule has 0 amide bonds. The summed E-state index contributed by atoms with van der Waals surface area (Å²) in [4.78, 5) is 0. The quantitative estimate of drug-likeness (QED) is 0.161. The van der Waals surface area contributed by atoms with E-state index in [0.29, 0.717) is 0 Å². The Bertz CT molecular complexity index is 2930. The van der Waals surface area contributed by atoms with Gasteiger partial charge in [0.2, 0.25) is 0 Å². The number of hydrogen-bond donors (Lipinski definition) is 0. The highest BCUT2D eigenvalue weighted by Crippen LogP contribution is 2.44. The SMILES string of the molecule is Brc1ccc2cc3c(cc2c1)sc1ccccc13.CC1(C)OB(B2OC(C)(C)C(C)(C)O2)OC1(C)C.CC1(C)OB(c2ccc3cc4c(cc3c2)sc2ccccc24)OC1(C)C. The highest BCUT2D eigenvalue weighted by Gasteiger charge is 2.63. The first-order chi connectivity index (χ1) is 29.0. The van der Waals surface area contributed by atoms with Crippen LogP contribution in [0.5, 0.6) is 0 Å². The summed E-state index contributed by atoms with van der Waals surface area (Å²) in [5, 5.41) is 10.5. The second-order valence-corrected chi connectivity index (χ2v) is 22.9. The van der Waals surface area contributed by atoms with Crippen molar-refractivity contribution in [1.82, 2.24) is 0 Å². The summed E-state index contributed by atoms with van der Waals surface area (Å²) in [5.74, 6) is 0. The summed E-state index contributed by atoms with van der Waals surface area (Å²) in [5.41, 5.74) is -0.994. The van der Waals surface area contributed by atoms with Crippen molar-refractivity contribution in [2.45, 2.75) is 117 Å². The number of benzene rings is 6. The van der Waals surface area contributed by atoms with E-state index in [0.717, 1.165) is 9.94 Å². The monoisotopic (exact) mass is 926 g/mol. The van der Waals surface area contributed by atoms with Crippen molar-refractivity contribution in [3.05, 3.63) is 114 Å². The van der Waals surface area contributed by atoms with Crippen molar-refractivity contribution in [3.8, 4) is 0 Å². The Hall–Kier alpha value is -3.29. The molecule has 0 aliphatic carbocycles. The van der Waals surface area contributed by atoms with Crippen molar-refractivity contribution < 1.29 is 27.9 Å². The molecule has 2 aromatic heterocycles. The molecule has 12 heteroatoms. The molecule has 3 aliphatic heterocycles. The molecule has 3 aliphatic rings. The van der Waals surface area contributed by atoms with Crippen molar-refractivity contribution in [1.29, 1.82) is 0 Å². The van der Waals surface area contributed by atoms with Gasteiger partial charge in [0.05, 0.1) is 33.6 Å². The summed E-state index contributed by atoms with van der Waals surface area (Å²) >= 11 is 7.25.